The molecular formula is C27H26Cl2N2O4. The van der Waals surface area contributed by atoms with Crippen LogP contribution in [0, 0.1) is 17.2 Å². The molecular weight excluding hydrogens is 487 g/mol. The lowest BCUT2D eigenvalue weighted by Crippen LogP contribution is -2.44. The maximum absolute atomic E-state index is 13.2. The minimum atomic E-state index is -0.555. The van der Waals surface area contributed by atoms with E-state index in [0.29, 0.717) is 44.9 Å². The van der Waals surface area contributed by atoms with Crippen LogP contribution in [0.15, 0.2) is 53.1 Å². The molecule has 0 saturated heterocycles. The Labute approximate surface area is 215 Å². The normalized spacial score (nSPS) is 15.1. The first-order valence-corrected chi connectivity index (χ1v) is 11.9. The van der Waals surface area contributed by atoms with Gasteiger partial charge >= 0.3 is 0 Å². The van der Waals surface area contributed by atoms with Gasteiger partial charge in [0.25, 0.3) is 11.8 Å². The summed E-state index contributed by atoms with van der Waals surface area (Å²) >= 11 is 12.2. The fourth-order valence-electron chi connectivity index (χ4n) is 3.62. The number of halogens is 2. The molecule has 0 aliphatic carbocycles. The monoisotopic (exact) mass is 512 g/mol. The Morgan fingerprint density at radius 1 is 1.06 bits per heavy atom. The summed E-state index contributed by atoms with van der Waals surface area (Å²) in [6, 6.07) is 12.4. The van der Waals surface area contributed by atoms with E-state index < -0.39 is 11.8 Å². The summed E-state index contributed by atoms with van der Waals surface area (Å²) in [5.74, 6) is 0.0954. The highest BCUT2D eigenvalue weighted by atomic mass is 35.5. The average molecular weight is 513 g/mol. The number of rotatable bonds is 8. The lowest BCUT2D eigenvalue weighted by atomic mass is 9.93. The van der Waals surface area contributed by atoms with Gasteiger partial charge in [0.05, 0.1) is 6.61 Å². The second-order valence-corrected chi connectivity index (χ2v) is 9.29. The first-order chi connectivity index (χ1) is 16.7. The average Bonchev–Trinajstić information content (AvgIpc) is 2.80. The molecule has 0 aromatic heterocycles. The molecule has 0 unspecified atom stereocenters. The number of carbonyl (C=O) groups excluding carboxylic acids is 2. The highest BCUT2D eigenvalue weighted by Gasteiger charge is 2.35. The molecule has 35 heavy (non-hydrogen) atoms. The van der Waals surface area contributed by atoms with E-state index in [0.717, 1.165) is 10.5 Å². The van der Waals surface area contributed by atoms with E-state index >= 15 is 0 Å². The summed E-state index contributed by atoms with van der Waals surface area (Å²) in [6.07, 6.45) is 1.66. The Kier molecular flexibility index (Phi) is 8.61. The molecule has 0 spiro atoms. The van der Waals surface area contributed by atoms with Gasteiger partial charge in [0.1, 0.15) is 18.2 Å². The number of ether oxygens (including phenoxy) is 2. The molecule has 1 aliphatic rings. The van der Waals surface area contributed by atoms with Gasteiger partial charge in [-0.1, -0.05) is 49.2 Å². The lowest BCUT2D eigenvalue weighted by Gasteiger charge is -2.28. The molecule has 1 heterocycles. The van der Waals surface area contributed by atoms with Crippen molar-refractivity contribution >= 4 is 41.1 Å². The second kappa shape index (κ2) is 11.4. The summed E-state index contributed by atoms with van der Waals surface area (Å²) in [6.45, 7) is 8.15. The van der Waals surface area contributed by atoms with E-state index in [4.69, 9.17) is 32.7 Å². The maximum atomic E-state index is 13.2. The van der Waals surface area contributed by atoms with Crippen LogP contribution >= 0.6 is 23.2 Å². The molecule has 6 nitrogen and oxygen atoms in total. The van der Waals surface area contributed by atoms with Crippen LogP contribution in [0.2, 0.25) is 10.0 Å². The summed E-state index contributed by atoms with van der Waals surface area (Å²) in [4.78, 5) is 27.0. The van der Waals surface area contributed by atoms with E-state index in [-0.39, 0.29) is 24.6 Å². The summed E-state index contributed by atoms with van der Waals surface area (Å²) in [5.41, 5.74) is 2.08. The zero-order valence-electron chi connectivity index (χ0n) is 20.0. The largest absolute Gasteiger partial charge is 0.490 e. The standard InChI is InChI=1S/C27H26Cl2N2O4/c1-5-34-25-11-18(6-9-24(25)35-15-19-7-8-20(28)12-23(19)29)10-21-17(4)22(13-30)27(33)31(26(21)32)14-16(2)3/h6-12,16H,5,14-15H2,1-4H3/b21-10+. The number of hydrogen-bond donors (Lipinski definition) is 0. The van der Waals surface area contributed by atoms with Crippen molar-refractivity contribution in [3.8, 4) is 17.6 Å². The number of nitrogens with zero attached hydrogens (tertiary/aromatic N) is 2. The van der Waals surface area contributed by atoms with Crippen LogP contribution in [-0.2, 0) is 16.2 Å². The van der Waals surface area contributed by atoms with Crippen LogP contribution in [0.5, 0.6) is 11.5 Å². The third-order valence-electron chi connectivity index (χ3n) is 5.35. The molecule has 0 saturated carbocycles. The van der Waals surface area contributed by atoms with Crippen molar-refractivity contribution in [2.75, 3.05) is 13.2 Å². The van der Waals surface area contributed by atoms with Gasteiger partial charge in [-0.15, -0.1) is 0 Å². The molecule has 0 bridgehead atoms. The quantitative estimate of drug-likeness (QED) is 0.309. The number of carbonyl (C=O) groups is 2. The van der Waals surface area contributed by atoms with Crippen LogP contribution in [0.3, 0.4) is 0 Å². The third kappa shape index (κ3) is 6.05. The number of hydrogen-bond acceptors (Lipinski definition) is 5. The van der Waals surface area contributed by atoms with Gasteiger partial charge in [0.2, 0.25) is 0 Å². The molecule has 1 aliphatic heterocycles. The minimum Gasteiger partial charge on any atom is -0.490 e. The van der Waals surface area contributed by atoms with Gasteiger partial charge in [0.15, 0.2) is 11.5 Å². The molecule has 8 heteroatoms. The summed E-state index contributed by atoms with van der Waals surface area (Å²) < 4.78 is 11.7. The highest BCUT2D eigenvalue weighted by molar-refractivity contribution is 6.35. The number of amides is 2. The van der Waals surface area contributed by atoms with Crippen LogP contribution < -0.4 is 9.47 Å². The molecule has 2 amide bonds. The van der Waals surface area contributed by atoms with Crippen molar-refractivity contribution in [1.82, 2.24) is 4.90 Å². The SMILES string of the molecule is CCOc1cc(/C=C2/C(=O)N(CC(C)C)C(=O)C(C#N)=C2C)ccc1OCc1ccc(Cl)cc1Cl. The predicted molar refractivity (Wildman–Crippen MR) is 136 cm³/mol. The molecule has 2 aromatic carbocycles. The van der Waals surface area contributed by atoms with Gasteiger partial charge in [-0.25, -0.2) is 0 Å². The Morgan fingerprint density at radius 3 is 2.43 bits per heavy atom. The zero-order chi connectivity index (χ0) is 25.7. The summed E-state index contributed by atoms with van der Waals surface area (Å²) in [5, 5.41) is 10.6. The molecule has 182 valence electrons. The lowest BCUT2D eigenvalue weighted by molar-refractivity contribution is -0.141. The van der Waals surface area contributed by atoms with Crippen LogP contribution in [-0.4, -0.2) is 29.9 Å². The van der Waals surface area contributed by atoms with Crippen LogP contribution in [0.25, 0.3) is 6.08 Å². The highest BCUT2D eigenvalue weighted by Crippen LogP contribution is 2.33. The number of nitriles is 1. The van der Waals surface area contributed by atoms with Gasteiger partial charge in [-0.2, -0.15) is 5.26 Å². The predicted octanol–water partition coefficient (Wildman–Crippen LogP) is 6.22. The maximum Gasteiger partial charge on any atom is 0.271 e. The van der Waals surface area contributed by atoms with Gasteiger partial charge in [-0.3, -0.25) is 14.5 Å². The van der Waals surface area contributed by atoms with E-state index in [2.05, 4.69) is 0 Å². The van der Waals surface area contributed by atoms with Crippen molar-refractivity contribution in [3.05, 3.63) is 74.3 Å². The molecule has 0 radical (unpaired) electrons. The molecule has 2 aromatic rings. The first kappa shape index (κ1) is 26.3. The van der Waals surface area contributed by atoms with Crippen molar-refractivity contribution in [1.29, 1.82) is 5.26 Å². The third-order valence-corrected chi connectivity index (χ3v) is 5.94. The smallest absolute Gasteiger partial charge is 0.271 e. The topological polar surface area (TPSA) is 79.6 Å². The minimum absolute atomic E-state index is 0.0265. The van der Waals surface area contributed by atoms with Crippen molar-refractivity contribution in [2.45, 2.75) is 34.3 Å². The van der Waals surface area contributed by atoms with Gasteiger partial charge in [0, 0.05) is 27.7 Å². The molecule has 0 N–H and O–H groups in total. The molecule has 0 atom stereocenters. The fourth-order valence-corrected chi connectivity index (χ4v) is 4.09. The second-order valence-electron chi connectivity index (χ2n) is 8.45. The summed E-state index contributed by atoms with van der Waals surface area (Å²) in [7, 11) is 0. The van der Waals surface area contributed by atoms with Crippen LogP contribution in [0.4, 0.5) is 0 Å². The number of imide groups is 1. The molecule has 3 rings (SSSR count). The Morgan fingerprint density at radius 2 is 1.80 bits per heavy atom. The van der Waals surface area contributed by atoms with Gasteiger partial charge in [-0.05, 0) is 61.2 Å². The Bertz CT molecular complexity index is 1260. The zero-order valence-corrected chi connectivity index (χ0v) is 21.5. The van der Waals surface area contributed by atoms with Crippen molar-refractivity contribution in [3.63, 3.8) is 0 Å². The molecule has 0 fully saturated rings. The van der Waals surface area contributed by atoms with E-state index in [1.165, 1.54) is 0 Å². The van der Waals surface area contributed by atoms with Gasteiger partial charge < -0.3 is 9.47 Å². The van der Waals surface area contributed by atoms with Crippen molar-refractivity contribution < 1.29 is 19.1 Å². The van der Waals surface area contributed by atoms with Crippen molar-refractivity contribution in [2.24, 2.45) is 5.92 Å². The Balaban J connectivity index is 1.95. The Hall–Kier alpha value is -3.27. The van der Waals surface area contributed by atoms with Crippen LogP contribution in [0.1, 0.15) is 38.8 Å². The van der Waals surface area contributed by atoms with E-state index in [1.807, 2.05) is 26.8 Å². The van der Waals surface area contributed by atoms with E-state index in [1.54, 1.807) is 49.4 Å². The number of benzene rings is 2. The first-order valence-electron chi connectivity index (χ1n) is 11.2. The fraction of sp³-hybridized carbons (Fsp3) is 0.296. The van der Waals surface area contributed by atoms with E-state index in [9.17, 15) is 14.9 Å².